The summed E-state index contributed by atoms with van der Waals surface area (Å²) in [5.74, 6) is 2.18. The lowest BCUT2D eigenvalue weighted by atomic mass is 9.99. The highest BCUT2D eigenvalue weighted by molar-refractivity contribution is 5.87. The van der Waals surface area contributed by atoms with Crippen molar-refractivity contribution in [3.8, 4) is 11.5 Å². The van der Waals surface area contributed by atoms with Crippen LogP contribution >= 0.6 is 0 Å². The van der Waals surface area contributed by atoms with Crippen LogP contribution in [0.25, 0.3) is 0 Å². The Morgan fingerprint density at radius 1 is 0.917 bits per heavy atom. The molecule has 0 saturated carbocycles. The van der Waals surface area contributed by atoms with Gasteiger partial charge in [-0.25, -0.2) is 10.0 Å². The number of aliphatic hydroxyl groups is 2. The molecule has 2 aromatic carbocycles. The van der Waals surface area contributed by atoms with E-state index < -0.39 is 6.17 Å². The van der Waals surface area contributed by atoms with Crippen molar-refractivity contribution in [3.63, 3.8) is 0 Å². The highest BCUT2D eigenvalue weighted by Crippen LogP contribution is 2.35. The van der Waals surface area contributed by atoms with Crippen molar-refractivity contribution in [1.29, 1.82) is 5.53 Å². The number of nitrogens with zero attached hydrogens (tertiary/aromatic N) is 3. The van der Waals surface area contributed by atoms with Gasteiger partial charge in [0.15, 0.2) is 0 Å². The van der Waals surface area contributed by atoms with Gasteiger partial charge < -0.3 is 30.3 Å². The molecule has 0 spiro atoms. The van der Waals surface area contributed by atoms with E-state index in [4.69, 9.17) is 20.0 Å². The second-order valence-electron chi connectivity index (χ2n) is 8.48. The van der Waals surface area contributed by atoms with Gasteiger partial charge in [-0.05, 0) is 35.4 Å². The first-order valence-electron chi connectivity index (χ1n) is 11.8. The predicted molar refractivity (Wildman–Crippen MR) is 135 cm³/mol. The smallest absolute Gasteiger partial charge is 0.125 e. The van der Waals surface area contributed by atoms with E-state index in [1.165, 1.54) is 0 Å². The van der Waals surface area contributed by atoms with Gasteiger partial charge in [0.25, 0.3) is 0 Å². The summed E-state index contributed by atoms with van der Waals surface area (Å²) in [6, 6.07) is 15.6. The number of methoxy groups -OCH3 is 2. The summed E-state index contributed by atoms with van der Waals surface area (Å²) in [6.07, 6.45) is 1.40. The number of hydrogen-bond donors (Lipinski definition) is 5. The number of aliphatic hydroxyl groups excluding tert-OH is 2. The van der Waals surface area contributed by atoms with Crippen LogP contribution in [-0.2, 0) is 12.8 Å². The molecule has 2 aromatic rings. The molecule has 0 bridgehead atoms. The monoisotopic (exact) mass is 492 g/mol. The molecule has 190 valence electrons. The number of hydrogen-bond acceptors (Lipinski definition) is 9. The number of nitrogens with one attached hydrogen (secondary N) is 3. The van der Waals surface area contributed by atoms with Gasteiger partial charge in [-0.1, -0.05) is 29.5 Å². The van der Waals surface area contributed by atoms with Gasteiger partial charge in [-0.3, -0.25) is 0 Å². The van der Waals surface area contributed by atoms with E-state index in [0.717, 1.165) is 34.0 Å². The second kappa shape index (κ2) is 11.7. The van der Waals surface area contributed by atoms with Crippen molar-refractivity contribution in [2.75, 3.05) is 27.4 Å². The Hall–Kier alpha value is -3.89. The molecule has 0 fully saturated rings. The van der Waals surface area contributed by atoms with Crippen LogP contribution in [-0.4, -0.2) is 54.7 Å². The lowest BCUT2D eigenvalue weighted by Crippen LogP contribution is -2.50. The van der Waals surface area contributed by atoms with E-state index in [1.807, 2.05) is 48.5 Å². The normalized spacial score (nSPS) is 17.2. The van der Waals surface area contributed by atoms with Crippen molar-refractivity contribution >= 4 is 5.84 Å². The second-order valence-corrected chi connectivity index (χ2v) is 8.48. The molecule has 36 heavy (non-hydrogen) atoms. The molecule has 5 N–H and O–H groups in total. The first kappa shape index (κ1) is 25.2. The third-order valence-electron chi connectivity index (χ3n) is 6.14. The Labute approximate surface area is 210 Å². The minimum Gasteiger partial charge on any atom is -0.497 e. The zero-order valence-electron chi connectivity index (χ0n) is 20.5. The van der Waals surface area contributed by atoms with E-state index >= 15 is 0 Å². The van der Waals surface area contributed by atoms with Gasteiger partial charge in [-0.2, -0.15) is 5.53 Å². The van der Waals surface area contributed by atoms with Gasteiger partial charge in [0.05, 0.1) is 20.8 Å². The molecular weight excluding hydrogens is 460 g/mol. The largest absolute Gasteiger partial charge is 0.497 e. The third-order valence-corrected chi connectivity index (χ3v) is 6.14. The molecule has 2 aliphatic rings. The molecule has 0 amide bonds. The summed E-state index contributed by atoms with van der Waals surface area (Å²) in [7, 11) is 3.26. The number of ether oxygens (including phenoxy) is 2. The van der Waals surface area contributed by atoms with Crippen LogP contribution in [0.15, 0.2) is 81.5 Å². The maximum atomic E-state index is 9.73. The van der Waals surface area contributed by atoms with Crippen LogP contribution in [0, 0.1) is 5.53 Å². The van der Waals surface area contributed by atoms with Crippen molar-refractivity contribution in [1.82, 2.24) is 15.6 Å². The fraction of sp³-hybridized carbons (Fsp3) is 0.346. The molecule has 0 aromatic heterocycles. The highest BCUT2D eigenvalue weighted by atomic mass is 16.5. The van der Waals surface area contributed by atoms with Crippen molar-refractivity contribution in [2.24, 2.45) is 10.2 Å². The summed E-state index contributed by atoms with van der Waals surface area (Å²) in [5, 5.41) is 31.5. The van der Waals surface area contributed by atoms with Gasteiger partial charge in [0.1, 0.15) is 34.9 Å². The van der Waals surface area contributed by atoms with Gasteiger partial charge in [0, 0.05) is 43.7 Å². The Kier molecular flexibility index (Phi) is 8.19. The molecule has 2 aliphatic heterocycles. The number of benzene rings is 2. The predicted octanol–water partition coefficient (Wildman–Crippen LogP) is 2.86. The molecule has 0 aliphatic carbocycles. The summed E-state index contributed by atoms with van der Waals surface area (Å²) in [4.78, 5) is 4.83. The van der Waals surface area contributed by atoms with Gasteiger partial charge in [0.2, 0.25) is 0 Å². The van der Waals surface area contributed by atoms with Crippen molar-refractivity contribution < 1.29 is 19.7 Å². The first-order chi connectivity index (χ1) is 17.6. The van der Waals surface area contributed by atoms with Gasteiger partial charge in [-0.15, -0.1) is 0 Å². The van der Waals surface area contributed by atoms with Gasteiger partial charge >= 0.3 is 0 Å². The molecule has 10 heteroatoms. The lowest BCUT2D eigenvalue weighted by molar-refractivity contribution is 0.154. The van der Waals surface area contributed by atoms with E-state index in [0.29, 0.717) is 42.9 Å². The maximum Gasteiger partial charge on any atom is 0.125 e. The minimum atomic E-state index is -0.415. The van der Waals surface area contributed by atoms with Crippen LogP contribution in [0.4, 0.5) is 0 Å². The Bertz CT molecular complexity index is 1160. The molecular formula is C26H32N6O4. The average Bonchev–Trinajstić information content (AvgIpc) is 2.90. The zero-order valence-corrected chi connectivity index (χ0v) is 20.5. The number of aliphatic imine (C=N–C) groups is 1. The van der Waals surface area contributed by atoms with Crippen molar-refractivity contribution in [3.05, 3.63) is 82.4 Å². The Balaban J connectivity index is 1.81. The van der Waals surface area contributed by atoms with Crippen LogP contribution in [0.1, 0.15) is 24.0 Å². The summed E-state index contributed by atoms with van der Waals surface area (Å²) >= 11 is 0. The van der Waals surface area contributed by atoms with E-state index in [1.54, 1.807) is 19.2 Å². The van der Waals surface area contributed by atoms with Crippen LogP contribution in [0.2, 0.25) is 0 Å². The maximum absolute atomic E-state index is 9.73. The number of allylic oxidation sites excluding steroid dienone is 2. The standard InChI is InChI=1S/C26H32N6O4/c1-35-19-7-3-17(4-8-19)15-21-25-26(32(31-27)24(29-21)12-14-34)22(28-23(30-25)11-13-33)16-18-5-9-20(36-2)10-6-18/h3-10,24,27,29,33-34H,11-16H2,1-2H3,(H,28,30). The first-order valence-corrected chi connectivity index (χ1v) is 11.8. The lowest BCUT2D eigenvalue weighted by Gasteiger charge is -2.40. The number of amidine groups is 1. The quantitative estimate of drug-likeness (QED) is 0.305. The fourth-order valence-electron chi connectivity index (χ4n) is 4.35. The van der Waals surface area contributed by atoms with Crippen LogP contribution in [0.5, 0.6) is 11.5 Å². The Morgan fingerprint density at radius 2 is 1.50 bits per heavy atom. The molecule has 1 unspecified atom stereocenters. The SMILES string of the molecule is COc1ccc(CC2=C3N=C(CCO)NC(Cc4ccc(OC)cc4)=C3N(N=N)C(CCO)N2)cc1. The Morgan fingerprint density at radius 3 is 2.00 bits per heavy atom. The zero-order chi connectivity index (χ0) is 25.5. The summed E-state index contributed by atoms with van der Waals surface area (Å²) in [5.41, 5.74) is 13.1. The number of rotatable bonds is 11. The van der Waals surface area contributed by atoms with Crippen LogP contribution < -0.4 is 20.1 Å². The molecule has 0 saturated heterocycles. The topological polar surface area (TPSA) is 135 Å². The average molecular weight is 493 g/mol. The van der Waals surface area contributed by atoms with E-state index in [2.05, 4.69) is 15.9 Å². The number of fused-ring (bicyclic) bond motifs is 1. The fourth-order valence-corrected chi connectivity index (χ4v) is 4.35. The summed E-state index contributed by atoms with van der Waals surface area (Å²) < 4.78 is 10.6. The minimum absolute atomic E-state index is 0.0504. The molecule has 1 atom stereocenters. The molecule has 10 nitrogen and oxygen atoms in total. The third kappa shape index (κ3) is 5.50. The molecule has 2 heterocycles. The van der Waals surface area contributed by atoms with Crippen LogP contribution in [0.3, 0.4) is 0 Å². The molecule has 0 radical (unpaired) electrons. The summed E-state index contributed by atoms with van der Waals surface area (Å²) in [6.45, 7) is -0.117. The van der Waals surface area contributed by atoms with E-state index in [9.17, 15) is 10.2 Å². The highest BCUT2D eigenvalue weighted by Gasteiger charge is 2.36. The molecule has 4 rings (SSSR count). The van der Waals surface area contributed by atoms with Crippen molar-refractivity contribution in [2.45, 2.75) is 31.8 Å². The van der Waals surface area contributed by atoms with E-state index in [-0.39, 0.29) is 13.2 Å².